The second-order valence-corrected chi connectivity index (χ2v) is 7.95. The van der Waals surface area contributed by atoms with E-state index in [0.29, 0.717) is 0 Å². The summed E-state index contributed by atoms with van der Waals surface area (Å²) in [6.45, 7) is 5.91. The van der Waals surface area contributed by atoms with Gasteiger partial charge in [-0.2, -0.15) is 4.31 Å². The number of nitro groups is 1. The third kappa shape index (κ3) is 5.26. The smallest absolute Gasteiger partial charge is 0.429 e. The van der Waals surface area contributed by atoms with E-state index in [1.54, 1.807) is 0 Å². The van der Waals surface area contributed by atoms with Gasteiger partial charge in [0, 0.05) is 12.1 Å². The van der Waals surface area contributed by atoms with Crippen molar-refractivity contribution in [3.8, 4) is 0 Å². The van der Waals surface area contributed by atoms with Crippen LogP contribution in [0.25, 0.3) is 0 Å². The predicted octanol–water partition coefficient (Wildman–Crippen LogP) is 2.60. The zero-order chi connectivity index (χ0) is 21.0. The number of benzene rings is 1. The van der Waals surface area contributed by atoms with Crippen molar-refractivity contribution in [2.45, 2.75) is 38.2 Å². The summed E-state index contributed by atoms with van der Waals surface area (Å²) in [6.07, 6.45) is -0.238. The van der Waals surface area contributed by atoms with E-state index in [4.69, 9.17) is 4.74 Å². The first-order valence-corrected chi connectivity index (χ1v) is 9.06. The van der Waals surface area contributed by atoms with Crippen LogP contribution in [0.15, 0.2) is 40.9 Å². The van der Waals surface area contributed by atoms with Gasteiger partial charge in [0.15, 0.2) is 0 Å². The van der Waals surface area contributed by atoms with E-state index in [1.807, 2.05) is 0 Å². The Bertz CT molecular complexity index is 867. The third-order valence-electron chi connectivity index (χ3n) is 3.03. The van der Waals surface area contributed by atoms with Gasteiger partial charge in [-0.25, -0.2) is 18.0 Å². The minimum absolute atomic E-state index is 0.172. The van der Waals surface area contributed by atoms with Gasteiger partial charge in [-0.1, -0.05) is 6.08 Å². The molecule has 0 bridgehead atoms. The molecule has 0 atom stereocenters. The summed E-state index contributed by atoms with van der Waals surface area (Å²) >= 11 is 0. The number of esters is 1. The van der Waals surface area contributed by atoms with Crippen LogP contribution in [0.2, 0.25) is 0 Å². The van der Waals surface area contributed by atoms with Crippen molar-refractivity contribution in [3.05, 3.63) is 46.2 Å². The number of non-ortho nitro benzene ring substituents is 1. The SMILES string of the molecule is C/C=C(\C(=O)OC)N(C(=O)OC(C)(C)C)S(=O)(=O)c1ccc([N+](=O)[O-])cc1. The molecule has 0 saturated carbocycles. The van der Waals surface area contributed by atoms with Gasteiger partial charge in [0.25, 0.3) is 15.7 Å². The molecule has 1 aromatic rings. The first-order valence-electron chi connectivity index (χ1n) is 7.62. The minimum atomic E-state index is -4.61. The maximum atomic E-state index is 13.0. The second-order valence-electron chi connectivity index (χ2n) is 6.17. The van der Waals surface area contributed by atoms with E-state index in [0.717, 1.165) is 37.5 Å². The van der Waals surface area contributed by atoms with Crippen LogP contribution < -0.4 is 0 Å². The molecule has 0 heterocycles. The Morgan fingerprint density at radius 3 is 2.07 bits per heavy atom. The Balaban J connectivity index is 3.54. The van der Waals surface area contributed by atoms with Gasteiger partial charge in [0.2, 0.25) is 0 Å². The number of amides is 1. The van der Waals surface area contributed by atoms with Crippen LogP contribution in [0.4, 0.5) is 10.5 Å². The number of nitro benzene ring substituents is 1. The molecular formula is C16H20N2O8S. The number of allylic oxidation sites excluding steroid dienone is 1. The highest BCUT2D eigenvalue weighted by Crippen LogP contribution is 2.25. The van der Waals surface area contributed by atoms with E-state index in [-0.39, 0.29) is 9.99 Å². The summed E-state index contributed by atoms with van der Waals surface area (Å²) in [5.41, 5.74) is -1.96. The summed E-state index contributed by atoms with van der Waals surface area (Å²) in [5.74, 6) is -1.08. The van der Waals surface area contributed by atoms with Gasteiger partial charge < -0.3 is 9.47 Å². The lowest BCUT2D eigenvalue weighted by Crippen LogP contribution is -2.42. The summed E-state index contributed by atoms with van der Waals surface area (Å²) in [5, 5.41) is 10.7. The average Bonchev–Trinajstić information content (AvgIpc) is 2.56. The van der Waals surface area contributed by atoms with Crippen molar-refractivity contribution < 1.29 is 32.4 Å². The fourth-order valence-corrected chi connectivity index (χ4v) is 3.26. The molecule has 1 amide bonds. The second kappa shape index (κ2) is 8.16. The molecule has 27 heavy (non-hydrogen) atoms. The monoisotopic (exact) mass is 400 g/mol. The fourth-order valence-electron chi connectivity index (χ4n) is 1.90. The molecule has 0 saturated heterocycles. The highest BCUT2D eigenvalue weighted by molar-refractivity contribution is 7.89. The summed E-state index contributed by atoms with van der Waals surface area (Å²) in [4.78, 5) is 34.1. The fraction of sp³-hybridized carbons (Fsp3) is 0.375. The maximum Gasteiger partial charge on any atom is 0.429 e. The average molecular weight is 400 g/mol. The van der Waals surface area contributed by atoms with Crippen LogP contribution in [0.5, 0.6) is 0 Å². The molecule has 0 aliphatic rings. The van der Waals surface area contributed by atoms with E-state index in [9.17, 15) is 28.1 Å². The van der Waals surface area contributed by atoms with Crippen molar-refractivity contribution in [3.63, 3.8) is 0 Å². The molecule has 0 aliphatic heterocycles. The Morgan fingerprint density at radius 1 is 1.19 bits per heavy atom. The van der Waals surface area contributed by atoms with Gasteiger partial charge in [-0.15, -0.1) is 0 Å². The molecule has 0 spiro atoms. The lowest BCUT2D eigenvalue weighted by molar-refractivity contribution is -0.384. The molecule has 0 radical (unpaired) electrons. The Kier molecular flexibility index (Phi) is 6.68. The zero-order valence-corrected chi connectivity index (χ0v) is 16.3. The van der Waals surface area contributed by atoms with Crippen LogP contribution in [0, 0.1) is 10.1 Å². The van der Waals surface area contributed by atoms with Crippen molar-refractivity contribution in [1.82, 2.24) is 4.31 Å². The Labute approximate surface area is 156 Å². The molecule has 0 aromatic heterocycles. The van der Waals surface area contributed by atoms with Crippen LogP contribution in [0.1, 0.15) is 27.7 Å². The highest BCUT2D eigenvalue weighted by Gasteiger charge is 2.39. The molecule has 0 fully saturated rings. The number of carbonyl (C=O) groups is 2. The molecule has 1 aromatic carbocycles. The number of methoxy groups -OCH3 is 1. The molecule has 11 heteroatoms. The quantitative estimate of drug-likeness (QED) is 0.319. The largest absolute Gasteiger partial charge is 0.464 e. The van der Waals surface area contributed by atoms with Crippen molar-refractivity contribution in [1.29, 1.82) is 0 Å². The topological polar surface area (TPSA) is 133 Å². The molecule has 148 valence electrons. The molecule has 1 rings (SSSR count). The van der Waals surface area contributed by atoms with Crippen molar-refractivity contribution in [2.24, 2.45) is 0 Å². The molecule has 0 N–H and O–H groups in total. The van der Waals surface area contributed by atoms with Crippen LogP contribution in [0.3, 0.4) is 0 Å². The van der Waals surface area contributed by atoms with Crippen molar-refractivity contribution >= 4 is 27.8 Å². The first kappa shape index (κ1) is 22.1. The van der Waals surface area contributed by atoms with E-state index in [2.05, 4.69) is 4.74 Å². The van der Waals surface area contributed by atoms with E-state index < -0.39 is 43.2 Å². The van der Waals surface area contributed by atoms with Gasteiger partial charge in [0.1, 0.15) is 11.3 Å². The van der Waals surface area contributed by atoms with Gasteiger partial charge in [0.05, 0.1) is 16.9 Å². The normalized spacial score (nSPS) is 12.3. The number of nitrogens with zero attached hydrogens (tertiary/aromatic N) is 2. The highest BCUT2D eigenvalue weighted by atomic mass is 32.2. The van der Waals surface area contributed by atoms with Gasteiger partial charge in [-0.05, 0) is 39.8 Å². The van der Waals surface area contributed by atoms with Crippen molar-refractivity contribution in [2.75, 3.05) is 7.11 Å². The maximum absolute atomic E-state index is 13.0. The predicted molar refractivity (Wildman–Crippen MR) is 94.1 cm³/mol. The third-order valence-corrected chi connectivity index (χ3v) is 4.73. The van der Waals surface area contributed by atoms with E-state index in [1.165, 1.54) is 27.7 Å². The number of hydrogen-bond acceptors (Lipinski definition) is 8. The number of hydrogen-bond donors (Lipinski definition) is 0. The number of rotatable bonds is 5. The minimum Gasteiger partial charge on any atom is -0.464 e. The van der Waals surface area contributed by atoms with Crippen LogP contribution >= 0.6 is 0 Å². The lowest BCUT2D eigenvalue weighted by Gasteiger charge is -2.27. The summed E-state index contributed by atoms with van der Waals surface area (Å²) < 4.78 is 35.7. The first-order chi connectivity index (χ1) is 12.3. The van der Waals surface area contributed by atoms with Gasteiger partial charge in [-0.3, -0.25) is 10.1 Å². The Morgan fingerprint density at radius 2 is 1.70 bits per heavy atom. The molecule has 0 unspecified atom stereocenters. The number of carbonyl (C=O) groups excluding carboxylic acids is 2. The number of ether oxygens (including phenoxy) is 2. The van der Waals surface area contributed by atoms with Crippen LogP contribution in [-0.2, 0) is 24.3 Å². The molecular weight excluding hydrogens is 380 g/mol. The standard InChI is InChI=1S/C16H20N2O8S/c1-6-13(14(19)25-5)17(15(20)26-16(2,3)4)27(23,24)12-9-7-11(8-10-12)18(21)22/h6-10H,1-5H3/b13-6+. The lowest BCUT2D eigenvalue weighted by atomic mass is 10.2. The van der Waals surface area contributed by atoms with Gasteiger partial charge >= 0.3 is 12.1 Å². The Hall–Kier alpha value is -2.95. The summed E-state index contributed by atoms with van der Waals surface area (Å²) in [7, 11) is -3.59. The molecule has 10 nitrogen and oxygen atoms in total. The van der Waals surface area contributed by atoms with Crippen LogP contribution in [-0.4, -0.2) is 42.4 Å². The number of sulfonamides is 1. The zero-order valence-electron chi connectivity index (χ0n) is 15.5. The summed E-state index contributed by atoms with van der Waals surface area (Å²) in [6, 6.07) is 3.84. The molecule has 0 aliphatic carbocycles. The van der Waals surface area contributed by atoms with E-state index >= 15 is 0 Å².